The van der Waals surface area contributed by atoms with Crippen molar-refractivity contribution >= 4 is 47.8 Å². The summed E-state index contributed by atoms with van der Waals surface area (Å²) in [6.07, 6.45) is 0. The van der Waals surface area contributed by atoms with Gasteiger partial charge in [0, 0.05) is 8.95 Å². The molecule has 1 atom stereocenters. The Labute approximate surface area is 138 Å². The van der Waals surface area contributed by atoms with Crippen LogP contribution < -0.4 is 4.74 Å². The van der Waals surface area contributed by atoms with E-state index in [0.29, 0.717) is 6.61 Å². The molecule has 0 aliphatic heterocycles. The van der Waals surface area contributed by atoms with Crippen molar-refractivity contribution in [1.29, 1.82) is 0 Å². The van der Waals surface area contributed by atoms with Gasteiger partial charge >= 0.3 is 0 Å². The zero-order valence-electron chi connectivity index (χ0n) is 10.4. The number of benzene rings is 2. The van der Waals surface area contributed by atoms with E-state index in [-0.39, 0.29) is 4.83 Å². The highest BCUT2D eigenvalue weighted by Crippen LogP contribution is 2.39. The van der Waals surface area contributed by atoms with Gasteiger partial charge < -0.3 is 4.74 Å². The third-order valence-electron chi connectivity index (χ3n) is 2.73. The Morgan fingerprint density at radius 3 is 2.32 bits per heavy atom. The first-order valence-corrected chi connectivity index (χ1v) is 8.44. The van der Waals surface area contributed by atoms with Crippen LogP contribution in [0.2, 0.25) is 0 Å². The minimum absolute atomic E-state index is 0.133. The highest BCUT2D eigenvalue weighted by molar-refractivity contribution is 9.11. The maximum Gasteiger partial charge on any atom is 0.120 e. The topological polar surface area (TPSA) is 9.23 Å². The summed E-state index contributed by atoms with van der Waals surface area (Å²) in [6.45, 7) is 2.66. The van der Waals surface area contributed by atoms with Crippen molar-refractivity contribution < 1.29 is 4.74 Å². The van der Waals surface area contributed by atoms with Crippen LogP contribution in [0.4, 0.5) is 0 Å². The Morgan fingerprint density at radius 1 is 1.00 bits per heavy atom. The minimum atomic E-state index is 0.133. The van der Waals surface area contributed by atoms with Crippen molar-refractivity contribution in [3.05, 3.63) is 62.5 Å². The third kappa shape index (κ3) is 3.61. The molecule has 0 saturated heterocycles. The first-order chi connectivity index (χ1) is 9.13. The molecule has 2 aromatic carbocycles. The average Bonchev–Trinajstić information content (AvgIpc) is 2.39. The van der Waals surface area contributed by atoms with Crippen molar-refractivity contribution in [3.8, 4) is 5.75 Å². The van der Waals surface area contributed by atoms with Crippen LogP contribution in [0, 0.1) is 0 Å². The molecule has 19 heavy (non-hydrogen) atoms. The third-order valence-corrected chi connectivity index (χ3v) is 5.13. The van der Waals surface area contributed by atoms with E-state index < -0.39 is 0 Å². The van der Waals surface area contributed by atoms with Gasteiger partial charge in [-0.05, 0) is 36.2 Å². The minimum Gasteiger partial charge on any atom is -0.494 e. The molecule has 0 spiro atoms. The van der Waals surface area contributed by atoms with Crippen molar-refractivity contribution in [2.24, 2.45) is 0 Å². The largest absolute Gasteiger partial charge is 0.494 e. The molecule has 0 aliphatic rings. The number of rotatable bonds is 4. The van der Waals surface area contributed by atoms with Crippen molar-refractivity contribution in [1.82, 2.24) is 0 Å². The predicted octanol–water partition coefficient (Wildman–Crippen LogP) is 6.09. The molecule has 0 N–H and O–H groups in total. The Bertz CT molecular complexity index is 569. The van der Waals surface area contributed by atoms with Crippen LogP contribution in [-0.4, -0.2) is 6.61 Å². The van der Waals surface area contributed by atoms with E-state index in [1.165, 1.54) is 11.1 Å². The maximum atomic E-state index is 5.50. The maximum absolute atomic E-state index is 5.50. The molecule has 2 aromatic rings. The van der Waals surface area contributed by atoms with E-state index in [0.717, 1.165) is 14.7 Å². The molecular weight excluding hydrogens is 436 g/mol. The lowest BCUT2D eigenvalue weighted by atomic mass is 10.0. The Morgan fingerprint density at radius 2 is 1.68 bits per heavy atom. The lowest BCUT2D eigenvalue weighted by molar-refractivity contribution is 0.340. The normalized spacial score (nSPS) is 12.2. The molecule has 0 bridgehead atoms. The van der Waals surface area contributed by atoms with E-state index in [4.69, 9.17) is 4.74 Å². The molecular formula is C15H13Br3O. The van der Waals surface area contributed by atoms with Gasteiger partial charge in [-0.2, -0.15) is 0 Å². The lowest BCUT2D eigenvalue weighted by Gasteiger charge is -2.15. The fourth-order valence-electron chi connectivity index (χ4n) is 1.82. The van der Waals surface area contributed by atoms with Gasteiger partial charge in [-0.1, -0.05) is 72.1 Å². The second kappa shape index (κ2) is 6.91. The fraction of sp³-hybridized carbons (Fsp3) is 0.200. The van der Waals surface area contributed by atoms with E-state index >= 15 is 0 Å². The zero-order valence-corrected chi connectivity index (χ0v) is 15.1. The van der Waals surface area contributed by atoms with E-state index in [9.17, 15) is 0 Å². The molecule has 0 fully saturated rings. The molecule has 2 rings (SSSR count). The van der Waals surface area contributed by atoms with Crippen molar-refractivity contribution in [2.75, 3.05) is 6.61 Å². The van der Waals surface area contributed by atoms with E-state index in [1.54, 1.807) is 0 Å². The number of hydrogen-bond acceptors (Lipinski definition) is 1. The van der Waals surface area contributed by atoms with Gasteiger partial charge in [0.15, 0.2) is 0 Å². The predicted molar refractivity (Wildman–Crippen MR) is 90.2 cm³/mol. The Balaban J connectivity index is 2.34. The molecule has 0 saturated carbocycles. The molecule has 100 valence electrons. The molecule has 0 aliphatic carbocycles. The molecule has 1 unspecified atom stereocenters. The highest BCUT2D eigenvalue weighted by atomic mass is 79.9. The summed E-state index contributed by atoms with van der Waals surface area (Å²) in [6, 6.07) is 14.3. The molecule has 0 heterocycles. The molecule has 0 amide bonds. The first kappa shape index (κ1) is 15.1. The Hall–Kier alpha value is -0.320. The lowest BCUT2D eigenvalue weighted by Crippen LogP contribution is -1.97. The van der Waals surface area contributed by atoms with Crippen molar-refractivity contribution in [2.45, 2.75) is 11.8 Å². The van der Waals surface area contributed by atoms with Crippen molar-refractivity contribution in [3.63, 3.8) is 0 Å². The van der Waals surface area contributed by atoms with Crippen LogP contribution in [0.5, 0.6) is 5.75 Å². The van der Waals surface area contributed by atoms with Gasteiger partial charge in [0.1, 0.15) is 5.75 Å². The second-order valence-corrected chi connectivity index (χ2v) is 6.62. The van der Waals surface area contributed by atoms with E-state index in [2.05, 4.69) is 59.9 Å². The van der Waals surface area contributed by atoms with Crippen LogP contribution in [-0.2, 0) is 0 Å². The summed E-state index contributed by atoms with van der Waals surface area (Å²) in [5, 5.41) is 0. The second-order valence-electron chi connectivity index (χ2n) is 4.00. The number of hydrogen-bond donors (Lipinski definition) is 0. The molecule has 0 aromatic heterocycles. The molecule has 1 nitrogen and oxygen atoms in total. The van der Waals surface area contributed by atoms with Crippen LogP contribution >= 0.6 is 47.8 Å². The van der Waals surface area contributed by atoms with Gasteiger partial charge in [0.05, 0.1) is 11.4 Å². The van der Waals surface area contributed by atoms with Gasteiger partial charge in [-0.15, -0.1) is 0 Å². The first-order valence-electron chi connectivity index (χ1n) is 5.94. The smallest absolute Gasteiger partial charge is 0.120 e. The summed E-state index contributed by atoms with van der Waals surface area (Å²) in [5.74, 6) is 0.880. The van der Waals surface area contributed by atoms with Crippen LogP contribution in [0.25, 0.3) is 0 Å². The standard InChI is InChI=1S/C15H13Br3O/c1-2-19-10-7-8-12(14(17)9-10)15(18)11-5-3-4-6-13(11)16/h3-9,15H,2H2,1H3. The number of alkyl halides is 1. The number of ether oxygens (including phenoxy) is 1. The monoisotopic (exact) mass is 446 g/mol. The Kier molecular flexibility index (Phi) is 5.48. The molecule has 0 radical (unpaired) electrons. The van der Waals surface area contributed by atoms with Gasteiger partial charge in [-0.3, -0.25) is 0 Å². The quantitative estimate of drug-likeness (QED) is 0.514. The molecule has 4 heteroatoms. The van der Waals surface area contributed by atoms with E-state index in [1.807, 2.05) is 37.3 Å². The number of halogens is 3. The average molecular weight is 449 g/mol. The summed E-state index contributed by atoms with van der Waals surface area (Å²) >= 11 is 11.0. The van der Waals surface area contributed by atoms with Crippen LogP contribution in [0.15, 0.2) is 51.4 Å². The summed E-state index contributed by atoms with van der Waals surface area (Å²) in [4.78, 5) is 0.133. The summed E-state index contributed by atoms with van der Waals surface area (Å²) in [7, 11) is 0. The van der Waals surface area contributed by atoms with Gasteiger partial charge in [-0.25, -0.2) is 0 Å². The summed E-state index contributed by atoms with van der Waals surface area (Å²) < 4.78 is 7.63. The fourth-order valence-corrected chi connectivity index (χ4v) is 4.33. The SMILES string of the molecule is CCOc1ccc(C(Br)c2ccccc2Br)c(Br)c1. The highest BCUT2D eigenvalue weighted by Gasteiger charge is 2.16. The van der Waals surface area contributed by atoms with Gasteiger partial charge in [0.2, 0.25) is 0 Å². The van der Waals surface area contributed by atoms with Crippen LogP contribution in [0.3, 0.4) is 0 Å². The zero-order chi connectivity index (χ0) is 13.8. The van der Waals surface area contributed by atoms with Crippen LogP contribution in [0.1, 0.15) is 22.9 Å². The summed E-state index contributed by atoms with van der Waals surface area (Å²) in [5.41, 5.74) is 2.38. The van der Waals surface area contributed by atoms with Gasteiger partial charge in [0.25, 0.3) is 0 Å².